The number of halogens is 1. The molecule has 4 rings (SSSR count). The molecule has 0 bridgehead atoms. The van der Waals surface area contributed by atoms with Gasteiger partial charge in [-0.25, -0.2) is 4.98 Å². The Morgan fingerprint density at radius 2 is 1.69 bits per heavy atom. The van der Waals surface area contributed by atoms with Crippen molar-refractivity contribution in [2.24, 2.45) is 0 Å². The van der Waals surface area contributed by atoms with Gasteiger partial charge in [0.15, 0.2) is 0 Å². The number of imidazole rings is 1. The number of aromatic nitrogens is 3. The zero-order valence-corrected chi connectivity index (χ0v) is 19.5. The Morgan fingerprint density at radius 3 is 2.25 bits per heavy atom. The number of carboxylic acids is 2. The number of hydrogen-bond donors (Lipinski definition) is 1. The second-order valence-electron chi connectivity index (χ2n) is 7.06. The number of carboxylic acid groups (broad SMARTS) is 2. The fraction of sp³-hybridized carbons (Fsp3) is 0.364. The third kappa shape index (κ3) is 8.86. The summed E-state index contributed by atoms with van der Waals surface area (Å²) in [5.74, 6) is -1.17. The van der Waals surface area contributed by atoms with Crippen LogP contribution in [0.2, 0.25) is 5.02 Å². The standard InChI is InChI=1S/C18H19ClN4.2C2H4O2.Cu/c19-13-9-10-16-22-17(15-8-4-5-11-20-15)18(23(16)12-13)21-14-6-2-1-3-7-14;2*1-2(3)4;/h4-5,8-12,14,21H,1-3,6-7H2;2*1H3,(H,3,4);/q;;;+2/p-2. The van der Waals surface area contributed by atoms with Crippen LogP contribution in [0.1, 0.15) is 46.0 Å². The van der Waals surface area contributed by atoms with Gasteiger partial charge in [0.1, 0.15) is 17.2 Å². The number of carbonyl (C=O) groups is 2. The second-order valence-corrected chi connectivity index (χ2v) is 7.50. The first-order valence-corrected chi connectivity index (χ1v) is 10.4. The van der Waals surface area contributed by atoms with Gasteiger partial charge in [0.05, 0.1) is 10.7 Å². The summed E-state index contributed by atoms with van der Waals surface area (Å²) in [6.45, 7) is 1.94. The van der Waals surface area contributed by atoms with E-state index in [1.54, 1.807) is 6.20 Å². The van der Waals surface area contributed by atoms with E-state index in [4.69, 9.17) is 36.4 Å². The average Bonchev–Trinajstić information content (AvgIpc) is 3.06. The molecule has 1 fully saturated rings. The molecule has 0 spiro atoms. The predicted octanol–water partition coefficient (Wildman–Crippen LogP) is 2.30. The molecule has 0 aliphatic heterocycles. The van der Waals surface area contributed by atoms with E-state index < -0.39 is 11.9 Å². The third-order valence-corrected chi connectivity index (χ3v) is 4.66. The fourth-order valence-corrected chi connectivity index (χ4v) is 3.44. The van der Waals surface area contributed by atoms with Gasteiger partial charge < -0.3 is 25.1 Å². The van der Waals surface area contributed by atoms with Crippen molar-refractivity contribution >= 4 is 35.0 Å². The summed E-state index contributed by atoms with van der Waals surface area (Å²) in [5, 5.41) is 22.2. The van der Waals surface area contributed by atoms with Crippen molar-refractivity contribution in [3.63, 3.8) is 0 Å². The molecule has 10 heteroatoms. The van der Waals surface area contributed by atoms with Crippen LogP contribution < -0.4 is 15.5 Å². The maximum absolute atomic E-state index is 8.89. The molecule has 1 aliphatic rings. The fourth-order valence-electron chi connectivity index (χ4n) is 3.28. The van der Waals surface area contributed by atoms with Crippen LogP contribution in [0.3, 0.4) is 0 Å². The smallest absolute Gasteiger partial charge is 0.550 e. The molecule has 0 aromatic carbocycles. The van der Waals surface area contributed by atoms with E-state index >= 15 is 0 Å². The van der Waals surface area contributed by atoms with Crippen LogP contribution in [0.15, 0.2) is 42.7 Å². The van der Waals surface area contributed by atoms with Crippen molar-refractivity contribution in [3.8, 4) is 11.4 Å². The molecule has 1 aliphatic carbocycles. The number of pyridine rings is 2. The monoisotopic (exact) mass is 507 g/mol. The van der Waals surface area contributed by atoms with Crippen molar-refractivity contribution < 1.29 is 36.9 Å². The van der Waals surface area contributed by atoms with Gasteiger partial charge in [0.25, 0.3) is 0 Å². The van der Waals surface area contributed by atoms with Crippen molar-refractivity contribution in [2.45, 2.75) is 52.0 Å². The summed E-state index contributed by atoms with van der Waals surface area (Å²) in [6.07, 6.45) is 10.0. The van der Waals surface area contributed by atoms with Gasteiger partial charge in [-0.2, -0.15) is 0 Å². The van der Waals surface area contributed by atoms with Crippen LogP contribution in [0.25, 0.3) is 17.0 Å². The molecular formula is C22H25ClCuN4O4. The van der Waals surface area contributed by atoms with E-state index in [1.807, 2.05) is 40.9 Å². The van der Waals surface area contributed by atoms with Crippen LogP contribution in [-0.4, -0.2) is 32.3 Å². The molecule has 1 N–H and O–H groups in total. The normalized spacial score (nSPS) is 13.0. The second kappa shape index (κ2) is 13.7. The van der Waals surface area contributed by atoms with Crippen molar-refractivity contribution in [3.05, 3.63) is 47.7 Å². The molecular weight excluding hydrogens is 483 g/mol. The minimum Gasteiger partial charge on any atom is -0.550 e. The summed E-state index contributed by atoms with van der Waals surface area (Å²) < 4.78 is 2.04. The van der Waals surface area contributed by atoms with Crippen molar-refractivity contribution in [1.82, 2.24) is 14.4 Å². The van der Waals surface area contributed by atoms with E-state index in [2.05, 4.69) is 10.3 Å². The molecule has 0 atom stereocenters. The van der Waals surface area contributed by atoms with Crippen LogP contribution in [0.4, 0.5) is 5.82 Å². The van der Waals surface area contributed by atoms with Gasteiger partial charge in [-0.15, -0.1) is 0 Å². The molecule has 8 nitrogen and oxygen atoms in total. The van der Waals surface area contributed by atoms with E-state index in [-0.39, 0.29) is 17.1 Å². The van der Waals surface area contributed by atoms with Gasteiger partial charge in [-0.05, 0) is 51.0 Å². The van der Waals surface area contributed by atoms with E-state index in [9.17, 15) is 0 Å². The molecule has 0 unspecified atom stereocenters. The van der Waals surface area contributed by atoms with Gasteiger partial charge in [0, 0.05) is 30.4 Å². The van der Waals surface area contributed by atoms with Crippen LogP contribution in [0.5, 0.6) is 0 Å². The number of carbonyl (C=O) groups excluding carboxylic acids is 2. The Labute approximate surface area is 202 Å². The molecule has 175 valence electrons. The summed E-state index contributed by atoms with van der Waals surface area (Å²) in [4.78, 5) is 27.0. The van der Waals surface area contributed by atoms with Crippen LogP contribution >= 0.6 is 11.6 Å². The third-order valence-electron chi connectivity index (χ3n) is 4.44. The number of fused-ring (bicyclic) bond motifs is 1. The van der Waals surface area contributed by atoms with Gasteiger partial charge in [0.2, 0.25) is 0 Å². The first-order chi connectivity index (χ1) is 14.8. The Bertz CT molecular complexity index is 988. The van der Waals surface area contributed by atoms with Crippen molar-refractivity contribution in [2.75, 3.05) is 5.32 Å². The number of hydrogen-bond acceptors (Lipinski definition) is 7. The summed E-state index contributed by atoms with van der Waals surface area (Å²) in [5.41, 5.74) is 2.65. The number of nitrogens with one attached hydrogen (secondary N) is 1. The van der Waals surface area contributed by atoms with Crippen LogP contribution in [0, 0.1) is 0 Å². The summed E-state index contributed by atoms with van der Waals surface area (Å²) in [7, 11) is 0. The number of aliphatic carboxylic acids is 2. The number of rotatable bonds is 3. The minimum atomic E-state index is -1.08. The topological polar surface area (TPSA) is 122 Å². The van der Waals surface area contributed by atoms with E-state index in [0.717, 1.165) is 36.7 Å². The SMILES string of the molecule is CC(=O)[O-].CC(=O)[O-].Clc1ccc2nc(-c3ccccn3)c(NC3CCCCC3)n2c1.[Cu+2]. The molecule has 1 radical (unpaired) electrons. The Balaban J connectivity index is 0.000000497. The maximum Gasteiger partial charge on any atom is 2.00 e. The van der Waals surface area contributed by atoms with Gasteiger partial charge in [-0.3, -0.25) is 9.38 Å². The van der Waals surface area contributed by atoms with E-state index in [1.165, 1.54) is 32.1 Å². The first kappa shape index (κ1) is 27.4. The Kier molecular flexibility index (Phi) is 11.8. The van der Waals surface area contributed by atoms with E-state index in [0.29, 0.717) is 11.1 Å². The van der Waals surface area contributed by atoms with Crippen molar-refractivity contribution in [1.29, 1.82) is 0 Å². The number of nitrogens with zero attached hydrogens (tertiary/aromatic N) is 3. The Hall–Kier alpha value is -2.61. The summed E-state index contributed by atoms with van der Waals surface area (Å²) >= 11 is 6.20. The molecule has 0 saturated heterocycles. The molecule has 3 aromatic rings. The number of anilines is 1. The summed E-state index contributed by atoms with van der Waals surface area (Å²) in [6, 6.07) is 10.2. The zero-order chi connectivity index (χ0) is 22.8. The van der Waals surface area contributed by atoms with Gasteiger partial charge >= 0.3 is 17.1 Å². The molecule has 0 amide bonds. The first-order valence-electron chi connectivity index (χ1n) is 9.98. The minimum absolute atomic E-state index is 0. The van der Waals surface area contributed by atoms with Gasteiger partial charge in [-0.1, -0.05) is 36.9 Å². The molecule has 3 aromatic heterocycles. The molecule has 1 saturated carbocycles. The maximum atomic E-state index is 8.89. The zero-order valence-electron chi connectivity index (χ0n) is 17.8. The average molecular weight is 508 g/mol. The molecule has 32 heavy (non-hydrogen) atoms. The molecule has 3 heterocycles. The predicted molar refractivity (Wildman–Crippen MR) is 115 cm³/mol. The Morgan fingerprint density at radius 1 is 1.06 bits per heavy atom. The quantitative estimate of drug-likeness (QED) is 0.539. The largest absolute Gasteiger partial charge is 2.00 e. The van der Waals surface area contributed by atoms with Crippen LogP contribution in [-0.2, 0) is 26.7 Å².